The van der Waals surface area contributed by atoms with Gasteiger partial charge in [0.15, 0.2) is 5.78 Å². The normalized spacial score (nSPS) is 14.5. The molecule has 32 heteroatoms. The number of Topliss-reactive ketones (excluding diaryl/α,β-unsaturated/α-hetero) is 1. The number of hydrogen-bond donors (Lipinski definition) is 3. The number of allylic oxidation sites excluding steroid dienone is 4. The van der Waals surface area contributed by atoms with Crippen LogP contribution in [0, 0.1) is 20.8 Å². The van der Waals surface area contributed by atoms with Crippen LogP contribution in [-0.4, -0.2) is 179 Å². The van der Waals surface area contributed by atoms with E-state index in [0.717, 1.165) is 81.6 Å². The van der Waals surface area contributed by atoms with Crippen LogP contribution in [0.1, 0.15) is 160 Å². The molecule has 28 nitrogen and oxygen atoms in total. The highest BCUT2D eigenvalue weighted by Crippen LogP contribution is 2.38. The molecule has 2 fully saturated rings. The lowest BCUT2D eigenvalue weighted by Crippen LogP contribution is -2.33. The Hall–Kier alpha value is -13.9. The number of nitrogens with one attached hydrogen (secondary N) is 3. The van der Waals surface area contributed by atoms with Crippen LogP contribution in [-0.2, 0) is 76.3 Å². The van der Waals surface area contributed by atoms with Gasteiger partial charge in [-0.15, -0.1) is 0 Å². The SMILES string of the molecule is COc1ccc2c(c1)cc(-c1cc(NC(=O)c3cnn(Cc4ccc(C)cc4)c3)cn(COCC[Si](C)(C)C)c1=O)n2C(=O)OC(C)(C)C.Cc1ccc(Cn2cc(C(=O)NC3=CCC(=O)C(C4=Cc5cc(CN6CCC(F)CC6)ccc5C4)=C3)cn2)cc1.Cc1ccc(Cn2cc(C(=O)Nc3cc(-c4cc5cc(CN6CCC(F)CC6)ccc5n4C(=O)OC(C)(C)C)c(=O)n(COCC[Si](C)(C)C)c3)cn2)cc1. The lowest BCUT2D eigenvalue weighted by Gasteiger charge is -2.28. The van der Waals surface area contributed by atoms with E-state index in [4.69, 9.17) is 23.7 Å². The molecular weight excluding hydrogens is 1860 g/mol. The van der Waals surface area contributed by atoms with Crippen LogP contribution < -0.4 is 31.8 Å². The number of aromatic nitrogens is 10. The number of ketones is 1. The van der Waals surface area contributed by atoms with Gasteiger partial charge in [-0.1, -0.05) is 165 Å². The molecule has 3 N–H and O–H groups in total. The van der Waals surface area contributed by atoms with Crippen molar-refractivity contribution in [2.75, 3.05) is 57.1 Å². The fourth-order valence-corrected chi connectivity index (χ4v) is 18.9. The number of amides is 3. The molecule has 0 unspecified atom stereocenters. The number of aryl methyl sites for hydroxylation is 3. The standard InChI is InChI=1S/C42H53FN6O5Si.C37H45N5O6Si.C33H33FN4O2/c1-29-8-10-30(11-9-29)25-48-26-33(23-44-48)39(50)45-35-22-36(40(51)47(27-35)28-53-18-19-55(5,6)7)38-21-32-20-31(24-46-16-14-34(43)15-17-46)12-13-37(32)49(38)41(52)54-42(2,3)4;1-25-9-11-26(12-10-25)21-41-22-28(20-38-41)34(43)39-29-19-31(35(44)40(23-29)24-47-15-16-49(6,7)8)33-18-27-17-30(46-5)13-14-32(27)42(33)36(45)48-37(2,3)4;1-22-2-4-23(5-3-22)20-38-21-28(18-35-38)33(40)36-30-8-9-32(39)31(17-30)27-15-25-7-6-24(14-26(25)16-27)19-37-12-10-29(34)11-13-37/h8-13,20-23,26-27,34H,14-19,24-25,28H2,1-7H3,(H,45,50);9-14,17-20,22-23H,15-16,21,24H2,1-8H3,(H,39,43);2-8,14,16-18,21,29H,9-13,15,19-20H2,1H3,(H,36,40). The summed E-state index contributed by atoms with van der Waals surface area (Å²) in [5.41, 5.74) is 15.1. The third-order valence-electron chi connectivity index (χ3n) is 25.3. The largest absolute Gasteiger partial charge is 0.497 e. The molecule has 2 saturated heterocycles. The van der Waals surface area contributed by atoms with E-state index in [0.29, 0.717) is 157 Å². The molecule has 0 radical (unpaired) electrons. The Bertz CT molecular complexity index is 7100. The third-order valence-corrected chi connectivity index (χ3v) is 28.7. The number of fused-ring (bicyclic) bond motifs is 3. The fraction of sp³-hybridized carbons (Fsp3) is 0.366. The second-order valence-corrected chi connectivity index (χ2v) is 53.5. The molecule has 0 saturated carbocycles. The van der Waals surface area contributed by atoms with Crippen LogP contribution in [0.5, 0.6) is 5.75 Å². The van der Waals surface area contributed by atoms with E-state index < -0.39 is 69.3 Å². The monoisotopic (exact) mass is 1990 g/mol. The summed E-state index contributed by atoms with van der Waals surface area (Å²) >= 11 is 0. The topological polar surface area (TPSA) is 298 Å². The number of alkyl halides is 2. The molecule has 2 aliphatic carbocycles. The lowest BCUT2D eigenvalue weighted by atomic mass is 9.93. The van der Waals surface area contributed by atoms with Crippen molar-refractivity contribution < 1.29 is 61.2 Å². The van der Waals surface area contributed by atoms with Gasteiger partial charge in [-0.25, -0.2) is 27.5 Å². The highest BCUT2D eigenvalue weighted by atomic mass is 28.3. The molecule has 7 aromatic heterocycles. The molecule has 144 heavy (non-hydrogen) atoms. The molecule has 2 aliphatic heterocycles. The van der Waals surface area contributed by atoms with E-state index in [1.165, 1.54) is 47.4 Å². The quantitative estimate of drug-likeness (QED) is 0.0278. The Morgan fingerprint density at radius 2 is 0.854 bits per heavy atom. The maximum absolute atomic E-state index is 14.3. The van der Waals surface area contributed by atoms with Crippen molar-refractivity contribution in [3.63, 3.8) is 0 Å². The number of benzene rings is 6. The number of anilines is 2. The molecule has 17 rings (SSSR count). The molecule has 3 amide bonds. The molecule has 0 atom stereocenters. The number of ether oxygens (including phenoxy) is 5. The predicted molar refractivity (Wildman–Crippen MR) is 565 cm³/mol. The molecule has 0 spiro atoms. The number of halogens is 2. The Kier molecular flexibility index (Phi) is 32.9. The first kappa shape index (κ1) is 104. The molecule has 0 bridgehead atoms. The second-order valence-electron chi connectivity index (χ2n) is 42.3. The van der Waals surface area contributed by atoms with Gasteiger partial charge in [0.25, 0.3) is 28.8 Å². The van der Waals surface area contributed by atoms with E-state index in [-0.39, 0.29) is 48.3 Å². The predicted octanol–water partition coefficient (Wildman–Crippen LogP) is 21.0. The number of likely N-dealkylation sites (tertiary alicyclic amines) is 2. The van der Waals surface area contributed by atoms with Crippen LogP contribution in [0.3, 0.4) is 0 Å². The van der Waals surface area contributed by atoms with E-state index >= 15 is 0 Å². The zero-order chi connectivity index (χ0) is 103. The summed E-state index contributed by atoms with van der Waals surface area (Å²) in [5, 5.41) is 23.4. The van der Waals surface area contributed by atoms with Crippen molar-refractivity contribution in [3.05, 3.63) is 323 Å². The van der Waals surface area contributed by atoms with Crippen LogP contribution in [0.25, 0.3) is 50.4 Å². The Morgan fingerprint density at radius 1 is 0.458 bits per heavy atom. The summed E-state index contributed by atoms with van der Waals surface area (Å²) in [7, 11) is -1.22. The van der Waals surface area contributed by atoms with Crippen LogP contribution in [0.2, 0.25) is 51.4 Å². The van der Waals surface area contributed by atoms with Gasteiger partial charge in [0.2, 0.25) is 0 Å². The fourth-order valence-electron chi connectivity index (χ4n) is 17.3. The summed E-state index contributed by atoms with van der Waals surface area (Å²) < 4.78 is 67.2. The van der Waals surface area contributed by atoms with Gasteiger partial charge in [0, 0.05) is 128 Å². The maximum Gasteiger partial charge on any atom is 0.419 e. The Balaban J connectivity index is 0.000000164. The third kappa shape index (κ3) is 28.2. The number of carbonyl (C=O) groups excluding carboxylic acids is 6. The molecule has 6 aromatic carbocycles. The highest BCUT2D eigenvalue weighted by Gasteiger charge is 2.32. The average Bonchev–Trinajstić information content (AvgIpc) is 1.60. The van der Waals surface area contributed by atoms with Gasteiger partial charge >= 0.3 is 12.2 Å². The molecule has 9 heterocycles. The minimum absolute atomic E-state index is 0.0327. The summed E-state index contributed by atoms with van der Waals surface area (Å²) in [5.74, 6) is -0.408. The van der Waals surface area contributed by atoms with Crippen molar-refractivity contribution in [2.24, 2.45) is 0 Å². The first-order valence-electron chi connectivity index (χ1n) is 49.2. The van der Waals surface area contributed by atoms with Crippen molar-refractivity contribution in [2.45, 2.75) is 222 Å². The van der Waals surface area contributed by atoms with Crippen molar-refractivity contribution in [1.29, 1.82) is 0 Å². The van der Waals surface area contributed by atoms with Gasteiger partial charge in [-0.2, -0.15) is 15.3 Å². The number of pyridine rings is 2. The molecular formula is C112H131F2N15O13Si2. The summed E-state index contributed by atoms with van der Waals surface area (Å²) in [6, 6.07) is 50.6. The molecule has 754 valence electrons. The minimum atomic E-state index is -1.40. The number of piperidine rings is 2. The van der Waals surface area contributed by atoms with Gasteiger partial charge in [-0.05, 0) is 212 Å². The summed E-state index contributed by atoms with van der Waals surface area (Å²) in [6.45, 7) is 37.2. The zero-order valence-electron chi connectivity index (χ0n) is 85.2. The smallest absolute Gasteiger partial charge is 0.419 e. The highest BCUT2D eigenvalue weighted by molar-refractivity contribution is 6.76. The minimum Gasteiger partial charge on any atom is -0.497 e. The first-order valence-corrected chi connectivity index (χ1v) is 56.6. The average molecular weight is 1990 g/mol. The summed E-state index contributed by atoms with van der Waals surface area (Å²) in [4.78, 5) is 114. The van der Waals surface area contributed by atoms with Gasteiger partial charge in [0.05, 0.1) is 107 Å². The van der Waals surface area contributed by atoms with E-state index in [1.807, 2.05) is 93.6 Å². The Labute approximate surface area is 840 Å². The molecule has 4 aliphatic rings. The zero-order valence-corrected chi connectivity index (χ0v) is 87.2. The Morgan fingerprint density at radius 3 is 1.27 bits per heavy atom. The van der Waals surface area contributed by atoms with Gasteiger partial charge < -0.3 is 39.6 Å². The van der Waals surface area contributed by atoms with Gasteiger partial charge in [-0.3, -0.25) is 61.7 Å². The van der Waals surface area contributed by atoms with Crippen LogP contribution >= 0.6 is 0 Å². The van der Waals surface area contributed by atoms with E-state index in [1.54, 1.807) is 148 Å². The lowest BCUT2D eigenvalue weighted by molar-refractivity contribution is -0.114. The number of methoxy groups -OCH3 is 1. The summed E-state index contributed by atoms with van der Waals surface area (Å²) in [6.07, 6.45) is 18.9. The van der Waals surface area contributed by atoms with Gasteiger partial charge in [0.1, 0.15) is 42.8 Å². The van der Waals surface area contributed by atoms with Crippen molar-refractivity contribution in [3.8, 4) is 28.3 Å². The van der Waals surface area contributed by atoms with E-state index in [2.05, 4.69) is 129 Å². The second kappa shape index (κ2) is 45.4. The first-order chi connectivity index (χ1) is 68.5. The van der Waals surface area contributed by atoms with E-state index in [9.17, 15) is 47.1 Å². The number of carbonyl (C=O) groups is 6. The maximum atomic E-state index is 14.3. The van der Waals surface area contributed by atoms with Crippen LogP contribution in [0.4, 0.5) is 29.7 Å². The van der Waals surface area contributed by atoms with Crippen LogP contribution in [0.15, 0.2) is 240 Å². The van der Waals surface area contributed by atoms with Crippen molar-refractivity contribution in [1.82, 2.24) is 62.7 Å². The number of nitrogens with zero attached hydrogens (tertiary/aromatic N) is 12. The number of hydrogen-bond acceptors (Lipinski definition) is 18. The number of rotatable bonds is 30. The molecule has 13 aromatic rings. The van der Waals surface area contributed by atoms with Crippen molar-refractivity contribution >= 4 is 91.1 Å².